The summed E-state index contributed by atoms with van der Waals surface area (Å²) in [5, 5.41) is 2.80. The first-order chi connectivity index (χ1) is 16.1. The maximum absolute atomic E-state index is 13.3. The van der Waals surface area contributed by atoms with Gasteiger partial charge in [-0.3, -0.25) is 19.2 Å². The van der Waals surface area contributed by atoms with E-state index in [9.17, 15) is 19.2 Å². The quantitative estimate of drug-likeness (QED) is 0.490. The third-order valence-electron chi connectivity index (χ3n) is 6.56. The van der Waals surface area contributed by atoms with Gasteiger partial charge in [-0.2, -0.15) is 0 Å². The van der Waals surface area contributed by atoms with Gasteiger partial charge < -0.3 is 5.32 Å². The molecule has 5 nitrogen and oxygen atoms in total. The zero-order chi connectivity index (χ0) is 22.7. The van der Waals surface area contributed by atoms with E-state index in [1.54, 1.807) is 66.8 Å². The Kier molecular flexibility index (Phi) is 4.14. The molecule has 33 heavy (non-hydrogen) atoms. The minimum atomic E-state index is -0.579. The molecule has 0 spiro atoms. The molecule has 3 aromatic carbocycles. The molecule has 0 saturated heterocycles. The van der Waals surface area contributed by atoms with Crippen molar-refractivity contribution in [1.82, 2.24) is 0 Å². The Labute approximate surface area is 189 Å². The van der Waals surface area contributed by atoms with Crippen LogP contribution in [0.25, 0.3) is 11.1 Å². The smallest absolute Gasteiger partial charge is 0.256 e. The van der Waals surface area contributed by atoms with Crippen LogP contribution >= 0.6 is 0 Å². The second-order valence-corrected chi connectivity index (χ2v) is 8.33. The molecule has 1 amide bonds. The third kappa shape index (κ3) is 2.72. The molecule has 3 aliphatic carbocycles. The second kappa shape index (κ2) is 7.07. The summed E-state index contributed by atoms with van der Waals surface area (Å²) in [5.74, 6) is -2.14. The third-order valence-corrected chi connectivity index (χ3v) is 6.56. The minimum absolute atomic E-state index is 0.141. The summed E-state index contributed by atoms with van der Waals surface area (Å²) >= 11 is 0. The molecule has 0 saturated carbocycles. The van der Waals surface area contributed by atoms with E-state index in [0.29, 0.717) is 22.3 Å². The summed E-state index contributed by atoms with van der Waals surface area (Å²) in [5.41, 5.74) is 3.47. The molecule has 0 aromatic heterocycles. The Morgan fingerprint density at radius 2 is 1.27 bits per heavy atom. The van der Waals surface area contributed by atoms with E-state index in [2.05, 4.69) is 5.32 Å². The van der Waals surface area contributed by atoms with Gasteiger partial charge in [0.15, 0.2) is 17.3 Å². The van der Waals surface area contributed by atoms with Crippen LogP contribution in [0.2, 0.25) is 0 Å². The Morgan fingerprint density at radius 1 is 0.636 bits per heavy atom. The number of hydrogen-bond donors (Lipinski definition) is 1. The monoisotopic (exact) mass is 431 g/mol. The lowest BCUT2D eigenvalue weighted by molar-refractivity contribution is 0.0802. The molecule has 3 aliphatic rings. The Morgan fingerprint density at radius 3 is 2.06 bits per heavy atom. The van der Waals surface area contributed by atoms with Crippen molar-refractivity contribution in [2.24, 2.45) is 11.8 Å². The number of allylic oxidation sites excluding steroid dienone is 4. The van der Waals surface area contributed by atoms with Gasteiger partial charge in [-0.05, 0) is 23.3 Å². The lowest BCUT2D eigenvalue weighted by atomic mass is 9.72. The number of rotatable bonds is 2. The van der Waals surface area contributed by atoms with Gasteiger partial charge in [-0.25, -0.2) is 0 Å². The van der Waals surface area contributed by atoms with Crippen LogP contribution in [0.5, 0.6) is 0 Å². The highest BCUT2D eigenvalue weighted by atomic mass is 16.2. The predicted octanol–water partition coefficient (Wildman–Crippen LogP) is 4.89. The van der Waals surface area contributed by atoms with Crippen molar-refractivity contribution in [3.8, 4) is 11.1 Å². The first kappa shape index (κ1) is 19.3. The van der Waals surface area contributed by atoms with E-state index < -0.39 is 17.7 Å². The first-order valence-corrected chi connectivity index (χ1v) is 10.7. The van der Waals surface area contributed by atoms with Gasteiger partial charge in [0.1, 0.15) is 0 Å². The summed E-state index contributed by atoms with van der Waals surface area (Å²) in [6, 6.07) is 17.3. The number of ketones is 3. The van der Waals surface area contributed by atoms with Crippen molar-refractivity contribution in [2.45, 2.75) is 0 Å². The van der Waals surface area contributed by atoms with Crippen LogP contribution < -0.4 is 5.32 Å². The number of anilines is 1. The molecule has 158 valence electrons. The van der Waals surface area contributed by atoms with Crippen LogP contribution in [0.15, 0.2) is 85.0 Å². The van der Waals surface area contributed by atoms with Crippen LogP contribution in [-0.4, -0.2) is 23.3 Å². The average molecular weight is 431 g/mol. The number of carbonyl (C=O) groups is 4. The van der Waals surface area contributed by atoms with E-state index in [-0.39, 0.29) is 34.2 Å². The van der Waals surface area contributed by atoms with Crippen molar-refractivity contribution in [3.63, 3.8) is 0 Å². The molecule has 3 aromatic rings. The number of amides is 1. The maximum Gasteiger partial charge on any atom is 0.256 e. The standard InChI is InChI=1S/C28H17NO4/c30-25-18-9-3-4-10-19(18)27(32)24-20(25)12-6-14-22(24)29-28(33)21-13-5-11-16-15-7-1-2-8-17(15)26(31)23(16)21/h1-14,18-19H,(H,29,33)/t18-,19+/m0/s1. The van der Waals surface area contributed by atoms with E-state index in [1.165, 1.54) is 0 Å². The van der Waals surface area contributed by atoms with Crippen LogP contribution in [0, 0.1) is 11.8 Å². The number of fused-ring (bicyclic) bond motifs is 5. The van der Waals surface area contributed by atoms with Gasteiger partial charge in [0, 0.05) is 16.7 Å². The molecular weight excluding hydrogens is 414 g/mol. The number of benzene rings is 3. The van der Waals surface area contributed by atoms with Crippen LogP contribution in [-0.2, 0) is 0 Å². The summed E-state index contributed by atoms with van der Waals surface area (Å²) in [4.78, 5) is 52.7. The van der Waals surface area contributed by atoms with Gasteiger partial charge in [-0.15, -0.1) is 0 Å². The fourth-order valence-electron chi connectivity index (χ4n) is 5.03. The summed E-state index contributed by atoms with van der Waals surface area (Å²) in [6.45, 7) is 0. The highest BCUT2D eigenvalue weighted by molar-refractivity contribution is 6.27. The van der Waals surface area contributed by atoms with Crippen molar-refractivity contribution in [3.05, 3.63) is 113 Å². The van der Waals surface area contributed by atoms with Gasteiger partial charge in [0.2, 0.25) is 0 Å². The molecule has 0 aliphatic heterocycles. The Bertz CT molecular complexity index is 1480. The van der Waals surface area contributed by atoms with Crippen LogP contribution in [0.3, 0.4) is 0 Å². The Balaban J connectivity index is 1.41. The highest BCUT2D eigenvalue weighted by Gasteiger charge is 2.41. The molecule has 0 bridgehead atoms. The summed E-state index contributed by atoms with van der Waals surface area (Å²) in [7, 11) is 0. The maximum atomic E-state index is 13.3. The zero-order valence-corrected chi connectivity index (χ0v) is 17.4. The largest absolute Gasteiger partial charge is 0.321 e. The second-order valence-electron chi connectivity index (χ2n) is 8.33. The fourth-order valence-corrected chi connectivity index (χ4v) is 5.03. The molecule has 0 radical (unpaired) electrons. The topological polar surface area (TPSA) is 80.3 Å². The van der Waals surface area contributed by atoms with Crippen molar-refractivity contribution in [1.29, 1.82) is 0 Å². The lowest BCUT2D eigenvalue weighted by Crippen LogP contribution is -2.36. The summed E-state index contributed by atoms with van der Waals surface area (Å²) < 4.78 is 0. The number of hydrogen-bond acceptors (Lipinski definition) is 4. The SMILES string of the molecule is O=C(Nc1cccc2c1C(=O)[C@@H]1C=CC=C[C@@H]1C2=O)c1cccc2c1C(=O)c1ccccc1-2. The fraction of sp³-hybridized carbons (Fsp3) is 0.0714. The zero-order valence-electron chi connectivity index (χ0n) is 17.4. The molecule has 0 fully saturated rings. The normalized spacial score (nSPS) is 19.6. The molecule has 0 heterocycles. The van der Waals surface area contributed by atoms with Gasteiger partial charge >= 0.3 is 0 Å². The van der Waals surface area contributed by atoms with Crippen molar-refractivity contribution >= 4 is 28.9 Å². The van der Waals surface area contributed by atoms with Crippen molar-refractivity contribution < 1.29 is 19.2 Å². The van der Waals surface area contributed by atoms with Crippen LogP contribution in [0.4, 0.5) is 5.69 Å². The van der Waals surface area contributed by atoms with E-state index in [1.807, 2.05) is 18.2 Å². The number of Topliss-reactive ketones (excluding diaryl/α,β-unsaturated/α-hetero) is 2. The number of carbonyl (C=O) groups excluding carboxylic acids is 4. The molecule has 2 atom stereocenters. The van der Waals surface area contributed by atoms with E-state index >= 15 is 0 Å². The molecule has 0 unspecified atom stereocenters. The van der Waals surface area contributed by atoms with Crippen molar-refractivity contribution in [2.75, 3.05) is 5.32 Å². The minimum Gasteiger partial charge on any atom is -0.321 e. The van der Waals surface area contributed by atoms with E-state index in [4.69, 9.17) is 0 Å². The average Bonchev–Trinajstić information content (AvgIpc) is 3.15. The first-order valence-electron chi connectivity index (χ1n) is 10.7. The van der Waals surface area contributed by atoms with Gasteiger partial charge in [0.25, 0.3) is 5.91 Å². The van der Waals surface area contributed by atoms with Gasteiger partial charge in [-0.1, -0.05) is 72.8 Å². The van der Waals surface area contributed by atoms with E-state index in [0.717, 1.165) is 5.56 Å². The lowest BCUT2D eigenvalue weighted by Gasteiger charge is -2.29. The molecule has 6 rings (SSSR count). The highest BCUT2D eigenvalue weighted by Crippen LogP contribution is 2.40. The van der Waals surface area contributed by atoms with Gasteiger partial charge in [0.05, 0.1) is 28.7 Å². The molecule has 5 heteroatoms. The predicted molar refractivity (Wildman–Crippen MR) is 124 cm³/mol. The summed E-state index contributed by atoms with van der Waals surface area (Å²) in [6.07, 6.45) is 7.01. The molecule has 1 N–H and O–H groups in total. The van der Waals surface area contributed by atoms with Crippen LogP contribution in [0.1, 0.15) is 47.0 Å². The number of nitrogens with one attached hydrogen (secondary N) is 1. The molecular formula is C28H17NO4. The Hall–Kier alpha value is -4.38.